The number of nitrogens with one attached hydrogen (secondary N) is 2. The van der Waals surface area contributed by atoms with Gasteiger partial charge in [0.25, 0.3) is 0 Å². The van der Waals surface area contributed by atoms with Gasteiger partial charge in [0, 0.05) is 22.7 Å². The van der Waals surface area contributed by atoms with Crippen molar-refractivity contribution in [2.45, 2.75) is 0 Å². The molecule has 0 fully saturated rings. The largest absolute Gasteiger partial charge is 0.465 e. The molecule has 2 amide bonds. The number of pyridine rings is 1. The van der Waals surface area contributed by atoms with E-state index >= 15 is 0 Å². The third-order valence-corrected chi connectivity index (χ3v) is 3.46. The van der Waals surface area contributed by atoms with E-state index in [1.165, 1.54) is 6.20 Å². The van der Waals surface area contributed by atoms with Gasteiger partial charge in [-0.2, -0.15) is 0 Å². The Morgan fingerprint density at radius 3 is 2.67 bits per heavy atom. The highest BCUT2D eigenvalue weighted by Crippen LogP contribution is 2.25. The summed E-state index contributed by atoms with van der Waals surface area (Å²) < 4.78 is 0. The van der Waals surface area contributed by atoms with Gasteiger partial charge in [-0.05, 0) is 17.7 Å². The van der Waals surface area contributed by atoms with Gasteiger partial charge in [-0.3, -0.25) is 10.1 Å². The first-order chi connectivity index (χ1) is 11.5. The summed E-state index contributed by atoms with van der Waals surface area (Å²) in [5.74, 6) is -0.552. The van der Waals surface area contributed by atoms with Crippen molar-refractivity contribution in [3.05, 3.63) is 59.9 Å². The molecular formula is C17H14N4O3. The number of nitrogens with zero attached hydrogens (tertiary/aromatic N) is 1. The second kappa shape index (κ2) is 6.25. The zero-order valence-electron chi connectivity index (χ0n) is 12.5. The fraction of sp³-hybridized carbons (Fsp3) is 0. The van der Waals surface area contributed by atoms with Crippen LogP contribution in [0.25, 0.3) is 22.7 Å². The fourth-order valence-electron chi connectivity index (χ4n) is 2.40. The number of rotatable bonds is 4. The molecule has 0 bridgehead atoms. The lowest BCUT2D eigenvalue weighted by atomic mass is 10.0. The van der Waals surface area contributed by atoms with Crippen molar-refractivity contribution in [2.75, 3.05) is 5.32 Å². The first kappa shape index (κ1) is 15.3. The number of nitrogens with two attached hydrogens (primary N) is 1. The smallest absolute Gasteiger partial charge is 0.409 e. The molecule has 0 saturated carbocycles. The number of aromatic amines is 1. The van der Waals surface area contributed by atoms with E-state index in [9.17, 15) is 9.59 Å². The summed E-state index contributed by atoms with van der Waals surface area (Å²) in [5.41, 5.74) is 8.16. The zero-order valence-corrected chi connectivity index (χ0v) is 12.5. The van der Waals surface area contributed by atoms with Crippen molar-refractivity contribution < 1.29 is 14.7 Å². The molecule has 3 aromatic rings. The van der Waals surface area contributed by atoms with Gasteiger partial charge in [-0.25, -0.2) is 9.78 Å². The number of primary amides is 1. The van der Waals surface area contributed by atoms with Crippen molar-refractivity contribution in [3.63, 3.8) is 0 Å². The van der Waals surface area contributed by atoms with Crippen LogP contribution in [0.1, 0.15) is 11.1 Å². The van der Waals surface area contributed by atoms with Crippen molar-refractivity contribution in [1.29, 1.82) is 0 Å². The molecule has 0 unspecified atom stereocenters. The summed E-state index contributed by atoms with van der Waals surface area (Å²) in [6.45, 7) is 0. The average Bonchev–Trinajstić information content (AvgIpc) is 2.95. The van der Waals surface area contributed by atoms with Gasteiger partial charge in [0.2, 0.25) is 5.91 Å². The van der Waals surface area contributed by atoms with Gasteiger partial charge in [0.05, 0.1) is 11.9 Å². The quantitative estimate of drug-likeness (QED) is 0.552. The van der Waals surface area contributed by atoms with Crippen molar-refractivity contribution in [3.8, 4) is 0 Å². The summed E-state index contributed by atoms with van der Waals surface area (Å²) in [6.07, 6.45) is 3.58. The highest BCUT2D eigenvalue weighted by Gasteiger charge is 2.11. The first-order valence-electron chi connectivity index (χ1n) is 7.08. The van der Waals surface area contributed by atoms with Crippen LogP contribution in [0.4, 0.5) is 10.5 Å². The van der Waals surface area contributed by atoms with E-state index in [1.807, 2.05) is 18.2 Å². The highest BCUT2D eigenvalue weighted by atomic mass is 16.4. The first-order valence-corrected chi connectivity index (χ1v) is 7.08. The molecule has 2 aromatic heterocycles. The average molecular weight is 322 g/mol. The minimum Gasteiger partial charge on any atom is -0.465 e. The lowest BCUT2D eigenvalue weighted by Crippen LogP contribution is -2.12. The van der Waals surface area contributed by atoms with Gasteiger partial charge >= 0.3 is 6.09 Å². The number of amides is 2. The van der Waals surface area contributed by atoms with E-state index in [4.69, 9.17) is 10.8 Å². The van der Waals surface area contributed by atoms with E-state index in [0.29, 0.717) is 33.4 Å². The number of anilines is 1. The van der Waals surface area contributed by atoms with Crippen LogP contribution in [0.2, 0.25) is 0 Å². The number of carboxylic acid groups (broad SMARTS) is 1. The second-order valence-corrected chi connectivity index (χ2v) is 5.08. The number of hydrogen-bond acceptors (Lipinski definition) is 3. The molecule has 2 heterocycles. The van der Waals surface area contributed by atoms with Crippen LogP contribution in [0.15, 0.2) is 48.8 Å². The van der Waals surface area contributed by atoms with Crippen LogP contribution in [-0.2, 0) is 4.79 Å². The number of benzene rings is 1. The Hall–Kier alpha value is -3.61. The van der Waals surface area contributed by atoms with E-state index < -0.39 is 12.0 Å². The van der Waals surface area contributed by atoms with Gasteiger partial charge < -0.3 is 15.8 Å². The molecule has 7 nitrogen and oxygen atoms in total. The minimum atomic E-state index is -1.18. The molecule has 120 valence electrons. The fourth-order valence-corrected chi connectivity index (χ4v) is 2.40. The highest BCUT2D eigenvalue weighted by molar-refractivity contribution is 6.24. The lowest BCUT2D eigenvalue weighted by molar-refractivity contribution is -0.112. The summed E-state index contributed by atoms with van der Waals surface area (Å²) in [6, 6.07) is 10.7. The van der Waals surface area contributed by atoms with E-state index in [1.54, 1.807) is 30.5 Å². The lowest BCUT2D eigenvalue weighted by Gasteiger charge is -2.04. The van der Waals surface area contributed by atoms with Crippen LogP contribution in [0.5, 0.6) is 0 Å². The number of fused-ring (bicyclic) bond motifs is 1. The third kappa shape index (κ3) is 3.09. The van der Waals surface area contributed by atoms with Crippen molar-refractivity contribution in [2.24, 2.45) is 5.73 Å². The third-order valence-electron chi connectivity index (χ3n) is 3.46. The Labute approximate surface area is 136 Å². The maximum absolute atomic E-state index is 11.8. The van der Waals surface area contributed by atoms with E-state index in [2.05, 4.69) is 15.3 Å². The molecule has 24 heavy (non-hydrogen) atoms. The normalized spacial score (nSPS) is 11.4. The summed E-state index contributed by atoms with van der Waals surface area (Å²) >= 11 is 0. The SMILES string of the molecule is NC(=O)C(=Cc1c[nH]c2ncc(NC(=O)O)cc12)c1ccccc1. The van der Waals surface area contributed by atoms with E-state index in [0.717, 1.165) is 0 Å². The Morgan fingerprint density at radius 2 is 2.00 bits per heavy atom. The Balaban J connectivity index is 2.10. The summed E-state index contributed by atoms with van der Waals surface area (Å²) in [7, 11) is 0. The standard InChI is InChI=1S/C17H14N4O3/c18-15(22)13(10-4-2-1-3-5-10)6-11-8-19-16-14(11)7-12(9-20-16)21-17(23)24/h1-9,21H,(H2,18,22)(H,19,20)(H,23,24). The predicted octanol–water partition coefficient (Wildman–Crippen LogP) is 2.68. The van der Waals surface area contributed by atoms with Gasteiger partial charge in [-0.15, -0.1) is 0 Å². The van der Waals surface area contributed by atoms with Crippen LogP contribution in [-0.4, -0.2) is 27.1 Å². The molecule has 0 atom stereocenters. The maximum atomic E-state index is 11.8. The van der Waals surface area contributed by atoms with Crippen LogP contribution in [0, 0.1) is 0 Å². The van der Waals surface area contributed by atoms with Crippen LogP contribution < -0.4 is 11.1 Å². The second-order valence-electron chi connectivity index (χ2n) is 5.08. The van der Waals surface area contributed by atoms with Gasteiger partial charge in [0.1, 0.15) is 5.65 Å². The Kier molecular flexibility index (Phi) is 3.98. The molecule has 0 aliphatic carbocycles. The van der Waals surface area contributed by atoms with Gasteiger partial charge in [0.15, 0.2) is 0 Å². The minimum absolute atomic E-state index is 0.338. The zero-order chi connectivity index (χ0) is 17.1. The number of H-pyrrole nitrogens is 1. The number of carbonyl (C=O) groups excluding carboxylic acids is 1. The summed E-state index contributed by atoms with van der Waals surface area (Å²) in [5, 5.41) is 11.7. The molecular weight excluding hydrogens is 308 g/mol. The number of aromatic nitrogens is 2. The molecule has 5 N–H and O–H groups in total. The monoisotopic (exact) mass is 322 g/mol. The summed E-state index contributed by atoms with van der Waals surface area (Å²) in [4.78, 5) is 29.7. The molecule has 3 rings (SSSR count). The molecule has 1 aromatic carbocycles. The predicted molar refractivity (Wildman–Crippen MR) is 91.2 cm³/mol. The number of hydrogen-bond donors (Lipinski definition) is 4. The van der Waals surface area contributed by atoms with Crippen LogP contribution >= 0.6 is 0 Å². The molecule has 0 aliphatic rings. The molecule has 0 saturated heterocycles. The number of carbonyl (C=O) groups is 2. The van der Waals surface area contributed by atoms with Crippen LogP contribution in [0.3, 0.4) is 0 Å². The van der Waals surface area contributed by atoms with Gasteiger partial charge in [-0.1, -0.05) is 30.3 Å². The Bertz CT molecular complexity index is 945. The molecule has 0 aliphatic heterocycles. The van der Waals surface area contributed by atoms with Crippen molar-refractivity contribution in [1.82, 2.24) is 9.97 Å². The van der Waals surface area contributed by atoms with E-state index in [-0.39, 0.29) is 0 Å². The molecule has 0 radical (unpaired) electrons. The van der Waals surface area contributed by atoms with Crippen molar-refractivity contribution >= 4 is 40.4 Å². The topological polar surface area (TPSA) is 121 Å². The Morgan fingerprint density at radius 1 is 1.25 bits per heavy atom. The molecule has 0 spiro atoms. The molecule has 7 heteroatoms. The maximum Gasteiger partial charge on any atom is 0.409 e.